The van der Waals surface area contributed by atoms with Gasteiger partial charge in [-0.05, 0) is 12.1 Å². The van der Waals surface area contributed by atoms with Crippen LogP contribution in [0, 0.1) is 10.1 Å². The summed E-state index contributed by atoms with van der Waals surface area (Å²) in [6, 6.07) is 13.9. The Morgan fingerprint density at radius 1 is 1.12 bits per heavy atom. The second kappa shape index (κ2) is 8.71. The number of imidazole rings is 2. The quantitative estimate of drug-likeness (QED) is 0.286. The molecular weight excluding hydrogens is 454 g/mol. The van der Waals surface area contributed by atoms with Gasteiger partial charge in [-0.25, -0.2) is 15.0 Å². The molecule has 2 aromatic carbocycles. The van der Waals surface area contributed by atoms with E-state index in [9.17, 15) is 14.9 Å². The lowest BCUT2D eigenvalue weighted by Crippen LogP contribution is -2.12. The standard InChI is InChI=1S/C23H17N7O3S/c1-28-11-10-25-21(28)20-19(15-5-3-2-4-6-15)26-23(34-20)27-22(31)16-7-8-17(18(13-16)30(32)33)29-12-9-24-14-29/h2-14H,1H3,(H,26,27,31). The fourth-order valence-corrected chi connectivity index (χ4v) is 4.52. The Bertz CT molecular complexity index is 1490. The van der Waals surface area contributed by atoms with Gasteiger partial charge in [0, 0.05) is 49.0 Å². The molecule has 1 amide bonds. The molecule has 0 bridgehead atoms. The van der Waals surface area contributed by atoms with Crippen molar-refractivity contribution in [2.75, 3.05) is 5.32 Å². The molecule has 0 saturated carbocycles. The van der Waals surface area contributed by atoms with E-state index >= 15 is 0 Å². The molecule has 0 atom stereocenters. The highest BCUT2D eigenvalue weighted by molar-refractivity contribution is 7.19. The fraction of sp³-hybridized carbons (Fsp3) is 0.0435. The summed E-state index contributed by atoms with van der Waals surface area (Å²) in [5.74, 6) is 0.220. The van der Waals surface area contributed by atoms with Gasteiger partial charge >= 0.3 is 0 Å². The monoisotopic (exact) mass is 471 g/mol. The normalized spacial score (nSPS) is 10.9. The molecule has 1 N–H and O–H groups in total. The summed E-state index contributed by atoms with van der Waals surface area (Å²) >= 11 is 1.29. The van der Waals surface area contributed by atoms with Gasteiger partial charge in [0.2, 0.25) is 0 Å². The summed E-state index contributed by atoms with van der Waals surface area (Å²) in [6.45, 7) is 0. The third-order valence-corrected chi connectivity index (χ3v) is 6.10. The van der Waals surface area contributed by atoms with Gasteiger partial charge in [0.15, 0.2) is 11.0 Å². The molecule has 11 heteroatoms. The van der Waals surface area contributed by atoms with Gasteiger partial charge < -0.3 is 9.13 Å². The first-order chi connectivity index (χ1) is 16.5. The Morgan fingerprint density at radius 3 is 2.62 bits per heavy atom. The molecule has 0 aliphatic heterocycles. The largest absolute Gasteiger partial charge is 0.333 e. The van der Waals surface area contributed by atoms with Crippen LogP contribution in [0.1, 0.15) is 10.4 Å². The summed E-state index contributed by atoms with van der Waals surface area (Å²) in [5, 5.41) is 14.8. The van der Waals surface area contributed by atoms with Crippen LogP contribution in [0.25, 0.3) is 27.6 Å². The zero-order chi connectivity index (χ0) is 23.7. The first-order valence-electron chi connectivity index (χ1n) is 10.1. The number of hydrogen-bond acceptors (Lipinski definition) is 7. The van der Waals surface area contributed by atoms with E-state index in [2.05, 4.69) is 20.3 Å². The van der Waals surface area contributed by atoms with Crippen LogP contribution in [-0.2, 0) is 7.05 Å². The molecule has 34 heavy (non-hydrogen) atoms. The molecule has 3 heterocycles. The molecule has 0 unspecified atom stereocenters. The van der Waals surface area contributed by atoms with E-state index in [0.717, 1.165) is 16.3 Å². The molecule has 3 aromatic heterocycles. The Hall–Kier alpha value is -4.64. The zero-order valence-corrected chi connectivity index (χ0v) is 18.6. The van der Waals surface area contributed by atoms with E-state index < -0.39 is 10.8 Å². The number of hydrogen-bond donors (Lipinski definition) is 1. The molecule has 5 rings (SSSR count). The number of thiazole rings is 1. The number of carbonyl (C=O) groups is 1. The highest BCUT2D eigenvalue weighted by Crippen LogP contribution is 2.38. The number of aromatic nitrogens is 5. The van der Waals surface area contributed by atoms with Crippen molar-refractivity contribution in [3.05, 3.63) is 95.3 Å². The van der Waals surface area contributed by atoms with E-state index in [4.69, 9.17) is 0 Å². The summed E-state index contributed by atoms with van der Waals surface area (Å²) in [7, 11) is 1.88. The molecule has 5 aromatic rings. The van der Waals surface area contributed by atoms with Crippen molar-refractivity contribution in [2.45, 2.75) is 0 Å². The average molecular weight is 472 g/mol. The van der Waals surface area contributed by atoms with Crippen LogP contribution >= 0.6 is 11.3 Å². The number of benzene rings is 2. The lowest BCUT2D eigenvalue weighted by Gasteiger charge is -2.06. The number of nitrogens with zero attached hydrogens (tertiary/aromatic N) is 6. The van der Waals surface area contributed by atoms with Crippen LogP contribution in [0.4, 0.5) is 10.8 Å². The minimum absolute atomic E-state index is 0.144. The van der Waals surface area contributed by atoms with Gasteiger partial charge in [-0.1, -0.05) is 41.7 Å². The first-order valence-corrected chi connectivity index (χ1v) is 10.9. The summed E-state index contributed by atoms with van der Waals surface area (Å²) < 4.78 is 3.40. The van der Waals surface area contributed by atoms with Crippen molar-refractivity contribution in [1.82, 2.24) is 24.1 Å². The second-order valence-corrected chi connectivity index (χ2v) is 8.31. The number of anilines is 1. The maximum Gasteiger partial charge on any atom is 0.294 e. The molecule has 0 radical (unpaired) electrons. The highest BCUT2D eigenvalue weighted by atomic mass is 32.1. The fourth-order valence-electron chi connectivity index (χ4n) is 3.50. The number of aryl methyl sites for hydroxylation is 1. The molecule has 0 fully saturated rings. The van der Waals surface area contributed by atoms with Crippen LogP contribution in [0.2, 0.25) is 0 Å². The molecule has 0 saturated heterocycles. The van der Waals surface area contributed by atoms with E-state index in [0.29, 0.717) is 16.5 Å². The van der Waals surface area contributed by atoms with Crippen molar-refractivity contribution in [1.29, 1.82) is 0 Å². The second-order valence-electron chi connectivity index (χ2n) is 7.31. The van der Waals surface area contributed by atoms with Crippen molar-refractivity contribution < 1.29 is 9.72 Å². The SMILES string of the molecule is Cn1ccnc1-c1sc(NC(=O)c2ccc(-n3ccnc3)c([N+](=O)[O-])c2)nc1-c1ccccc1. The van der Waals surface area contributed by atoms with E-state index in [1.54, 1.807) is 12.4 Å². The molecule has 0 spiro atoms. The van der Waals surface area contributed by atoms with Gasteiger partial charge in [-0.15, -0.1) is 0 Å². The highest BCUT2D eigenvalue weighted by Gasteiger charge is 2.22. The lowest BCUT2D eigenvalue weighted by molar-refractivity contribution is -0.384. The Morgan fingerprint density at radius 2 is 1.94 bits per heavy atom. The van der Waals surface area contributed by atoms with Crippen LogP contribution in [0.3, 0.4) is 0 Å². The van der Waals surface area contributed by atoms with Crippen LogP contribution in [0.15, 0.2) is 79.6 Å². The molecule has 0 aliphatic rings. The summed E-state index contributed by atoms with van der Waals surface area (Å²) in [6.07, 6.45) is 8.12. The van der Waals surface area contributed by atoms with Gasteiger partial charge in [-0.3, -0.25) is 20.2 Å². The van der Waals surface area contributed by atoms with Crippen LogP contribution in [-0.4, -0.2) is 34.9 Å². The predicted octanol–water partition coefficient (Wildman–Crippen LogP) is 4.56. The maximum absolute atomic E-state index is 13.0. The minimum atomic E-state index is -0.526. The van der Waals surface area contributed by atoms with E-state index in [-0.39, 0.29) is 11.3 Å². The predicted molar refractivity (Wildman–Crippen MR) is 128 cm³/mol. The number of nitro groups is 1. The van der Waals surface area contributed by atoms with E-state index in [1.807, 2.05) is 48.1 Å². The minimum Gasteiger partial charge on any atom is -0.333 e. The first kappa shape index (κ1) is 21.2. The Kier molecular flexibility index (Phi) is 5.44. The van der Waals surface area contributed by atoms with Crippen molar-refractivity contribution in [3.63, 3.8) is 0 Å². The summed E-state index contributed by atoms with van der Waals surface area (Å²) in [5.41, 5.74) is 1.83. The van der Waals surface area contributed by atoms with Crippen LogP contribution < -0.4 is 5.32 Å². The molecule has 10 nitrogen and oxygen atoms in total. The number of nitro benzene ring substituents is 1. The van der Waals surface area contributed by atoms with Crippen molar-refractivity contribution in [3.8, 4) is 27.6 Å². The molecule has 0 aliphatic carbocycles. The average Bonchev–Trinajstić information content (AvgIpc) is 3.60. The van der Waals surface area contributed by atoms with Gasteiger partial charge in [0.1, 0.15) is 5.69 Å². The third kappa shape index (κ3) is 3.95. The number of carbonyl (C=O) groups excluding carboxylic acids is 1. The third-order valence-electron chi connectivity index (χ3n) is 5.14. The molecule has 168 valence electrons. The van der Waals surface area contributed by atoms with E-state index in [1.165, 1.54) is 46.6 Å². The van der Waals surface area contributed by atoms with Crippen LogP contribution in [0.5, 0.6) is 0 Å². The van der Waals surface area contributed by atoms with Crippen molar-refractivity contribution in [2.24, 2.45) is 7.05 Å². The zero-order valence-electron chi connectivity index (χ0n) is 17.8. The molecular formula is C23H17N7O3S. The Balaban J connectivity index is 1.50. The number of amides is 1. The van der Waals surface area contributed by atoms with Gasteiger partial charge in [-0.2, -0.15) is 0 Å². The maximum atomic E-state index is 13.0. The van der Waals surface area contributed by atoms with Gasteiger partial charge in [0.05, 0.1) is 21.8 Å². The Labute approximate surface area is 197 Å². The smallest absolute Gasteiger partial charge is 0.294 e. The lowest BCUT2D eigenvalue weighted by atomic mass is 10.1. The number of nitrogens with one attached hydrogen (secondary N) is 1. The van der Waals surface area contributed by atoms with Gasteiger partial charge in [0.25, 0.3) is 11.6 Å². The van der Waals surface area contributed by atoms with Crippen molar-refractivity contribution >= 4 is 28.1 Å². The number of rotatable bonds is 6. The topological polar surface area (TPSA) is 121 Å². The summed E-state index contributed by atoms with van der Waals surface area (Å²) in [4.78, 5) is 37.9.